The molecule has 0 bridgehead atoms. The van der Waals surface area contributed by atoms with Crippen molar-refractivity contribution < 1.29 is 9.53 Å². The zero-order valence-corrected chi connectivity index (χ0v) is 12.7. The van der Waals surface area contributed by atoms with Crippen molar-refractivity contribution in [3.8, 4) is 0 Å². The Labute approximate surface area is 116 Å². The Morgan fingerprint density at radius 2 is 2.11 bits per heavy atom. The van der Waals surface area contributed by atoms with Crippen molar-refractivity contribution in [1.29, 1.82) is 0 Å². The molecule has 0 spiro atoms. The highest BCUT2D eigenvalue weighted by Gasteiger charge is 2.71. The lowest BCUT2D eigenvalue weighted by atomic mass is 9.47. The molecule has 1 saturated heterocycles. The summed E-state index contributed by atoms with van der Waals surface area (Å²) in [4.78, 5) is 14.8. The first-order valence-corrected chi connectivity index (χ1v) is 7.61. The normalized spacial score (nSPS) is 35.6. The molecular formula is C15H28N2O2. The lowest BCUT2D eigenvalue weighted by molar-refractivity contribution is -0.184. The molecule has 2 fully saturated rings. The highest BCUT2D eigenvalue weighted by Crippen LogP contribution is 2.58. The Bertz CT molecular complexity index is 356. The number of unbranched alkanes of at least 4 members (excludes halogenated alkanes) is 1. The number of nitrogens with two attached hydrogens (primary N) is 1. The smallest absolute Gasteiger partial charge is 0.243 e. The van der Waals surface area contributed by atoms with E-state index in [-0.39, 0.29) is 23.3 Å². The van der Waals surface area contributed by atoms with Crippen LogP contribution in [0.25, 0.3) is 0 Å². The van der Waals surface area contributed by atoms with Crippen LogP contribution in [0, 0.1) is 11.3 Å². The van der Waals surface area contributed by atoms with Crippen LogP contribution in [0.15, 0.2) is 0 Å². The molecule has 0 aromatic heterocycles. The topological polar surface area (TPSA) is 55.6 Å². The van der Waals surface area contributed by atoms with Gasteiger partial charge in [0.1, 0.15) is 5.54 Å². The molecule has 3 atom stereocenters. The van der Waals surface area contributed by atoms with Crippen LogP contribution in [-0.4, -0.2) is 42.1 Å². The van der Waals surface area contributed by atoms with E-state index in [0.29, 0.717) is 0 Å². The summed E-state index contributed by atoms with van der Waals surface area (Å²) in [6.07, 6.45) is 3.22. The summed E-state index contributed by atoms with van der Waals surface area (Å²) in [6, 6.07) is 0. The molecule has 0 radical (unpaired) electrons. The van der Waals surface area contributed by atoms with E-state index >= 15 is 0 Å². The van der Waals surface area contributed by atoms with Crippen molar-refractivity contribution in [2.24, 2.45) is 17.1 Å². The average Bonchev–Trinajstić information content (AvgIpc) is 2.86. The van der Waals surface area contributed by atoms with E-state index in [4.69, 9.17) is 10.5 Å². The van der Waals surface area contributed by atoms with Gasteiger partial charge in [-0.1, -0.05) is 27.2 Å². The monoisotopic (exact) mass is 268 g/mol. The Morgan fingerprint density at radius 1 is 1.42 bits per heavy atom. The number of hydrogen-bond donors (Lipinski definition) is 1. The minimum atomic E-state index is -0.738. The average molecular weight is 268 g/mol. The highest BCUT2D eigenvalue weighted by atomic mass is 16.5. The van der Waals surface area contributed by atoms with Gasteiger partial charge in [-0.2, -0.15) is 0 Å². The molecule has 0 aromatic carbocycles. The molecule has 2 rings (SSSR count). The van der Waals surface area contributed by atoms with E-state index in [2.05, 4.69) is 20.8 Å². The number of fused-ring (bicyclic) bond motifs is 1. The van der Waals surface area contributed by atoms with Gasteiger partial charge in [-0.3, -0.25) is 4.79 Å². The largest absolute Gasteiger partial charge is 0.377 e. The number of carbonyl (C=O) groups is 1. The van der Waals surface area contributed by atoms with Gasteiger partial charge >= 0.3 is 0 Å². The minimum absolute atomic E-state index is 0.125. The van der Waals surface area contributed by atoms with Crippen molar-refractivity contribution in [2.75, 3.05) is 19.7 Å². The number of likely N-dealkylation sites (N-methyl/N-ethyl adjacent to an activating group) is 1. The standard InChI is InChI=1S/C15H28N2O2/c1-5-7-9-17(6-2)13(18)15(16)11-8-10-19-12(11)14(15,3)4/h11-12H,5-10,16H2,1-4H3. The lowest BCUT2D eigenvalue weighted by Crippen LogP contribution is -2.80. The number of carbonyl (C=O) groups excluding carboxylic acids is 1. The summed E-state index contributed by atoms with van der Waals surface area (Å²) in [7, 11) is 0. The summed E-state index contributed by atoms with van der Waals surface area (Å²) in [6.45, 7) is 10.6. The first kappa shape index (κ1) is 14.8. The fourth-order valence-electron chi connectivity index (χ4n) is 3.83. The molecule has 1 aliphatic heterocycles. The first-order valence-electron chi connectivity index (χ1n) is 7.61. The second-order valence-corrected chi connectivity index (χ2v) is 6.52. The molecule has 2 N–H and O–H groups in total. The van der Waals surface area contributed by atoms with Gasteiger partial charge < -0.3 is 15.4 Å². The molecule has 3 unspecified atom stereocenters. The molecule has 4 nitrogen and oxygen atoms in total. The SMILES string of the molecule is CCCCN(CC)C(=O)C1(N)C2CCOC2C1(C)C. The number of nitrogens with zero attached hydrogens (tertiary/aromatic N) is 1. The van der Waals surface area contributed by atoms with Crippen molar-refractivity contribution in [2.45, 2.75) is 58.6 Å². The predicted molar refractivity (Wildman–Crippen MR) is 75.7 cm³/mol. The maximum atomic E-state index is 12.9. The molecule has 1 heterocycles. The van der Waals surface area contributed by atoms with Crippen LogP contribution in [0.4, 0.5) is 0 Å². The van der Waals surface area contributed by atoms with Crippen molar-refractivity contribution in [3.05, 3.63) is 0 Å². The molecule has 1 aliphatic carbocycles. The van der Waals surface area contributed by atoms with Crippen LogP contribution < -0.4 is 5.73 Å². The van der Waals surface area contributed by atoms with Crippen molar-refractivity contribution in [3.63, 3.8) is 0 Å². The van der Waals surface area contributed by atoms with Gasteiger partial charge in [-0.15, -0.1) is 0 Å². The second-order valence-electron chi connectivity index (χ2n) is 6.52. The number of ether oxygens (including phenoxy) is 1. The van der Waals surface area contributed by atoms with Crippen LogP contribution in [0.3, 0.4) is 0 Å². The zero-order chi connectivity index (χ0) is 14.3. The van der Waals surface area contributed by atoms with E-state index in [1.54, 1.807) is 0 Å². The first-order chi connectivity index (χ1) is 8.91. The van der Waals surface area contributed by atoms with E-state index in [9.17, 15) is 4.79 Å². The molecule has 2 aliphatic rings. The maximum Gasteiger partial charge on any atom is 0.243 e. The van der Waals surface area contributed by atoms with Crippen molar-refractivity contribution in [1.82, 2.24) is 4.90 Å². The second kappa shape index (κ2) is 5.06. The van der Waals surface area contributed by atoms with Gasteiger partial charge in [-0.05, 0) is 19.8 Å². The fraction of sp³-hybridized carbons (Fsp3) is 0.933. The van der Waals surface area contributed by atoms with E-state index in [1.807, 2.05) is 11.8 Å². The van der Waals surface area contributed by atoms with E-state index in [1.165, 1.54) is 0 Å². The number of rotatable bonds is 5. The summed E-state index contributed by atoms with van der Waals surface area (Å²) < 4.78 is 5.76. The van der Waals surface area contributed by atoms with Gasteiger partial charge in [-0.25, -0.2) is 0 Å². The Kier molecular flexibility index (Phi) is 3.94. The van der Waals surface area contributed by atoms with Crippen LogP contribution in [0.5, 0.6) is 0 Å². The molecule has 4 heteroatoms. The van der Waals surface area contributed by atoms with Gasteiger partial charge in [0.05, 0.1) is 6.10 Å². The van der Waals surface area contributed by atoms with Gasteiger partial charge in [0, 0.05) is 31.0 Å². The molecule has 1 saturated carbocycles. The quantitative estimate of drug-likeness (QED) is 0.827. The van der Waals surface area contributed by atoms with Crippen LogP contribution in [-0.2, 0) is 9.53 Å². The highest BCUT2D eigenvalue weighted by molar-refractivity contribution is 5.89. The number of amides is 1. The van der Waals surface area contributed by atoms with Crippen LogP contribution in [0.1, 0.15) is 47.0 Å². The maximum absolute atomic E-state index is 12.9. The van der Waals surface area contributed by atoms with E-state index < -0.39 is 5.54 Å². The summed E-state index contributed by atoms with van der Waals surface area (Å²) in [5.41, 5.74) is 5.59. The fourth-order valence-corrected chi connectivity index (χ4v) is 3.83. The predicted octanol–water partition coefficient (Wildman–Crippen LogP) is 1.78. The summed E-state index contributed by atoms with van der Waals surface area (Å²) >= 11 is 0. The minimum Gasteiger partial charge on any atom is -0.377 e. The number of hydrogen-bond acceptors (Lipinski definition) is 3. The third-order valence-electron chi connectivity index (χ3n) is 5.26. The van der Waals surface area contributed by atoms with E-state index in [0.717, 1.165) is 39.0 Å². The molecule has 1 amide bonds. The summed E-state index contributed by atoms with van der Waals surface area (Å²) in [5.74, 6) is 0.325. The zero-order valence-electron chi connectivity index (χ0n) is 12.7. The lowest BCUT2D eigenvalue weighted by Gasteiger charge is -2.61. The molecule has 110 valence electrons. The molecular weight excluding hydrogens is 240 g/mol. The van der Waals surface area contributed by atoms with Crippen molar-refractivity contribution >= 4 is 5.91 Å². The Hall–Kier alpha value is -0.610. The third-order valence-corrected chi connectivity index (χ3v) is 5.26. The van der Waals surface area contributed by atoms with Gasteiger partial charge in [0.2, 0.25) is 5.91 Å². The van der Waals surface area contributed by atoms with Crippen LogP contribution in [0.2, 0.25) is 0 Å². The van der Waals surface area contributed by atoms with Crippen LogP contribution >= 0.6 is 0 Å². The van der Waals surface area contributed by atoms with Gasteiger partial charge in [0.15, 0.2) is 0 Å². The third kappa shape index (κ3) is 1.91. The Balaban J connectivity index is 2.16. The Morgan fingerprint density at radius 3 is 2.68 bits per heavy atom. The van der Waals surface area contributed by atoms with Gasteiger partial charge in [0.25, 0.3) is 0 Å². The summed E-state index contributed by atoms with van der Waals surface area (Å²) in [5, 5.41) is 0. The molecule has 0 aromatic rings. The molecule has 19 heavy (non-hydrogen) atoms.